The zero-order valence-electron chi connectivity index (χ0n) is 15.9. The van der Waals surface area contributed by atoms with Crippen LogP contribution in [-0.4, -0.2) is 48.6 Å². The van der Waals surface area contributed by atoms with Gasteiger partial charge < -0.3 is 10.6 Å². The number of rotatable bonds is 7. The number of aryl methyl sites for hydroxylation is 2. The van der Waals surface area contributed by atoms with Crippen molar-refractivity contribution in [2.75, 3.05) is 26.7 Å². The molecule has 5 nitrogen and oxygen atoms in total. The van der Waals surface area contributed by atoms with Gasteiger partial charge in [0.25, 0.3) is 0 Å². The van der Waals surface area contributed by atoms with Gasteiger partial charge in [-0.25, -0.2) is 4.98 Å². The summed E-state index contributed by atoms with van der Waals surface area (Å²) in [5.74, 6) is 1.60. The van der Waals surface area contributed by atoms with Crippen LogP contribution >= 0.6 is 11.3 Å². The lowest BCUT2D eigenvalue weighted by Crippen LogP contribution is -2.46. The molecule has 1 aliphatic heterocycles. The van der Waals surface area contributed by atoms with Crippen molar-refractivity contribution in [1.29, 1.82) is 0 Å². The number of likely N-dealkylation sites (tertiary alicyclic amines) is 1. The minimum Gasteiger partial charge on any atom is -0.355 e. The number of nitrogens with zero attached hydrogens (tertiary/aromatic N) is 3. The van der Waals surface area contributed by atoms with Crippen molar-refractivity contribution in [3.63, 3.8) is 0 Å². The lowest BCUT2D eigenvalue weighted by atomic mass is 10.0. The molecule has 1 atom stereocenters. The Hall–Kier alpha value is -1.14. The fourth-order valence-corrected chi connectivity index (χ4v) is 4.23. The van der Waals surface area contributed by atoms with E-state index in [1.807, 2.05) is 7.05 Å². The first-order valence-electron chi connectivity index (χ1n) is 9.11. The topological polar surface area (TPSA) is 52.6 Å². The fraction of sp³-hybridized carbons (Fsp3) is 0.778. The predicted octanol–water partition coefficient (Wildman–Crippen LogP) is 2.94. The number of aliphatic imine (C=N–C) groups is 1. The van der Waals surface area contributed by atoms with Crippen LogP contribution in [0.25, 0.3) is 0 Å². The number of guanidine groups is 1. The average molecular weight is 352 g/mol. The Bertz CT molecular complexity index is 532. The summed E-state index contributed by atoms with van der Waals surface area (Å²) in [5.41, 5.74) is 1.12. The van der Waals surface area contributed by atoms with E-state index in [0.29, 0.717) is 6.04 Å². The van der Waals surface area contributed by atoms with Crippen molar-refractivity contribution in [3.05, 3.63) is 15.6 Å². The summed E-state index contributed by atoms with van der Waals surface area (Å²) in [6, 6.07) is 0.596. The summed E-state index contributed by atoms with van der Waals surface area (Å²) in [6.45, 7) is 13.0. The Labute approximate surface area is 151 Å². The van der Waals surface area contributed by atoms with Crippen LogP contribution in [0.2, 0.25) is 0 Å². The van der Waals surface area contributed by atoms with Gasteiger partial charge in [-0.15, -0.1) is 11.3 Å². The first-order chi connectivity index (χ1) is 11.5. The van der Waals surface area contributed by atoms with Gasteiger partial charge in [0.15, 0.2) is 5.96 Å². The van der Waals surface area contributed by atoms with Crippen molar-refractivity contribution >= 4 is 17.3 Å². The lowest BCUT2D eigenvalue weighted by Gasteiger charge is -2.29. The standard InChI is InChI=1S/C18H33N5S/c1-13(2)10-16(23-8-6-7-9-23)11-20-18(19-5)21-12-17-14(3)22-15(4)24-17/h13,16H,6-12H2,1-5H3,(H2,19,20,21). The molecule has 24 heavy (non-hydrogen) atoms. The Kier molecular flexibility index (Phi) is 7.49. The molecule has 1 unspecified atom stereocenters. The van der Waals surface area contributed by atoms with Gasteiger partial charge in [0.2, 0.25) is 0 Å². The number of nitrogens with one attached hydrogen (secondary N) is 2. The molecule has 0 aliphatic carbocycles. The summed E-state index contributed by atoms with van der Waals surface area (Å²) in [6.07, 6.45) is 3.91. The van der Waals surface area contributed by atoms with Crippen molar-refractivity contribution in [2.45, 2.75) is 59.5 Å². The monoisotopic (exact) mass is 351 g/mol. The molecule has 0 radical (unpaired) electrons. The molecule has 2 N–H and O–H groups in total. The molecular weight excluding hydrogens is 318 g/mol. The average Bonchev–Trinajstić information content (AvgIpc) is 3.15. The molecule has 1 aromatic heterocycles. The molecule has 2 rings (SSSR count). The normalized spacial score (nSPS) is 17.5. The van der Waals surface area contributed by atoms with E-state index >= 15 is 0 Å². The van der Waals surface area contributed by atoms with Crippen LogP contribution < -0.4 is 10.6 Å². The smallest absolute Gasteiger partial charge is 0.191 e. The van der Waals surface area contributed by atoms with E-state index in [-0.39, 0.29) is 0 Å². The maximum absolute atomic E-state index is 4.49. The quantitative estimate of drug-likeness (QED) is 0.586. The van der Waals surface area contributed by atoms with E-state index in [4.69, 9.17) is 0 Å². The van der Waals surface area contributed by atoms with E-state index in [9.17, 15) is 0 Å². The molecule has 0 bridgehead atoms. The minimum absolute atomic E-state index is 0.596. The van der Waals surface area contributed by atoms with Crippen LogP contribution in [0.15, 0.2) is 4.99 Å². The van der Waals surface area contributed by atoms with E-state index in [0.717, 1.165) is 35.7 Å². The Morgan fingerprint density at radius 2 is 1.96 bits per heavy atom. The van der Waals surface area contributed by atoms with E-state index in [1.54, 1.807) is 11.3 Å². The Morgan fingerprint density at radius 1 is 1.25 bits per heavy atom. The largest absolute Gasteiger partial charge is 0.355 e. The molecular formula is C18H33N5S. The van der Waals surface area contributed by atoms with Crippen molar-refractivity contribution in [1.82, 2.24) is 20.5 Å². The third-order valence-corrected chi connectivity index (χ3v) is 5.62. The van der Waals surface area contributed by atoms with Crippen LogP contribution in [0.3, 0.4) is 0 Å². The fourth-order valence-electron chi connectivity index (χ4n) is 3.35. The third-order valence-electron chi connectivity index (χ3n) is 4.55. The van der Waals surface area contributed by atoms with Crippen molar-refractivity contribution < 1.29 is 0 Å². The second kappa shape index (κ2) is 9.37. The zero-order valence-corrected chi connectivity index (χ0v) is 16.7. The number of aromatic nitrogens is 1. The molecule has 0 saturated carbocycles. The van der Waals surface area contributed by atoms with Crippen LogP contribution in [0, 0.1) is 19.8 Å². The zero-order chi connectivity index (χ0) is 17.5. The molecule has 0 spiro atoms. The highest BCUT2D eigenvalue weighted by Crippen LogP contribution is 2.18. The summed E-state index contributed by atoms with van der Waals surface area (Å²) < 4.78 is 0. The number of hydrogen-bond donors (Lipinski definition) is 2. The molecule has 1 aromatic rings. The summed E-state index contributed by atoms with van der Waals surface area (Å²) >= 11 is 1.76. The first kappa shape index (κ1) is 19.2. The van der Waals surface area contributed by atoms with Gasteiger partial charge >= 0.3 is 0 Å². The SMILES string of the molecule is CN=C(NCc1sc(C)nc1C)NCC(CC(C)C)N1CCCC1. The molecule has 6 heteroatoms. The van der Waals surface area contributed by atoms with Gasteiger partial charge in [-0.05, 0) is 52.1 Å². The molecule has 2 heterocycles. The molecule has 136 valence electrons. The predicted molar refractivity (Wildman–Crippen MR) is 104 cm³/mol. The van der Waals surface area contributed by atoms with Gasteiger partial charge in [0.05, 0.1) is 17.2 Å². The van der Waals surface area contributed by atoms with Crippen LogP contribution in [0.4, 0.5) is 0 Å². The van der Waals surface area contributed by atoms with Gasteiger partial charge in [-0.2, -0.15) is 0 Å². The molecule has 0 amide bonds. The molecule has 1 saturated heterocycles. The highest BCUT2D eigenvalue weighted by atomic mass is 32.1. The molecule has 0 aromatic carbocycles. The van der Waals surface area contributed by atoms with Gasteiger partial charge in [-0.1, -0.05) is 13.8 Å². The lowest BCUT2D eigenvalue weighted by molar-refractivity contribution is 0.213. The van der Waals surface area contributed by atoms with Crippen LogP contribution in [0.5, 0.6) is 0 Å². The Balaban J connectivity index is 1.85. The highest BCUT2D eigenvalue weighted by molar-refractivity contribution is 7.11. The number of hydrogen-bond acceptors (Lipinski definition) is 4. The maximum Gasteiger partial charge on any atom is 0.191 e. The van der Waals surface area contributed by atoms with Gasteiger partial charge in [0.1, 0.15) is 0 Å². The number of thiazole rings is 1. The molecule has 1 aliphatic rings. The highest BCUT2D eigenvalue weighted by Gasteiger charge is 2.22. The second-order valence-electron chi connectivity index (χ2n) is 7.07. The summed E-state index contributed by atoms with van der Waals surface area (Å²) in [7, 11) is 1.84. The maximum atomic E-state index is 4.49. The minimum atomic E-state index is 0.596. The summed E-state index contributed by atoms with van der Waals surface area (Å²) in [4.78, 5) is 12.8. The van der Waals surface area contributed by atoms with Gasteiger partial charge in [-0.3, -0.25) is 9.89 Å². The van der Waals surface area contributed by atoms with Crippen molar-refractivity contribution in [3.8, 4) is 0 Å². The van der Waals surface area contributed by atoms with E-state index in [2.05, 4.69) is 53.2 Å². The van der Waals surface area contributed by atoms with Crippen molar-refractivity contribution in [2.24, 2.45) is 10.9 Å². The van der Waals surface area contributed by atoms with Crippen LogP contribution in [0.1, 0.15) is 48.7 Å². The first-order valence-corrected chi connectivity index (χ1v) is 9.92. The van der Waals surface area contributed by atoms with Gasteiger partial charge in [0, 0.05) is 24.5 Å². The Morgan fingerprint density at radius 3 is 2.50 bits per heavy atom. The summed E-state index contributed by atoms with van der Waals surface area (Å²) in [5, 5.41) is 8.08. The van der Waals surface area contributed by atoms with E-state index in [1.165, 1.54) is 37.2 Å². The third kappa shape index (κ3) is 5.74. The molecule has 1 fully saturated rings. The van der Waals surface area contributed by atoms with E-state index < -0.39 is 0 Å². The van der Waals surface area contributed by atoms with Crippen LogP contribution in [-0.2, 0) is 6.54 Å². The second-order valence-corrected chi connectivity index (χ2v) is 8.36.